The smallest absolute Gasteiger partial charge is 0.228 e. The first-order chi connectivity index (χ1) is 12.1. The van der Waals surface area contributed by atoms with Crippen molar-refractivity contribution in [2.45, 2.75) is 25.3 Å². The fourth-order valence-electron chi connectivity index (χ4n) is 2.87. The number of rotatable bonds is 4. The molecule has 0 radical (unpaired) electrons. The van der Waals surface area contributed by atoms with Gasteiger partial charge in [0.2, 0.25) is 5.91 Å². The lowest BCUT2D eigenvalue weighted by atomic mass is 10.0. The molecule has 1 aliphatic heterocycles. The molecule has 1 amide bonds. The zero-order valence-corrected chi connectivity index (χ0v) is 13.3. The summed E-state index contributed by atoms with van der Waals surface area (Å²) in [6.07, 6.45) is 3.58. The summed E-state index contributed by atoms with van der Waals surface area (Å²) in [5.41, 5.74) is 0.208. The highest BCUT2D eigenvalue weighted by atomic mass is 19.2. The molecule has 2 heterocycles. The Morgan fingerprint density at radius 3 is 2.88 bits per heavy atom. The van der Waals surface area contributed by atoms with Crippen molar-refractivity contribution in [1.29, 1.82) is 0 Å². The van der Waals surface area contributed by atoms with Gasteiger partial charge in [0.15, 0.2) is 17.5 Å². The number of hydrogen-bond acceptors (Lipinski definition) is 5. The first-order valence-corrected chi connectivity index (χ1v) is 8.12. The summed E-state index contributed by atoms with van der Waals surface area (Å²) in [6.45, 7) is 0.356. The molecule has 8 heteroatoms. The molecule has 4 rings (SSSR count). The van der Waals surface area contributed by atoms with Crippen molar-refractivity contribution in [2.75, 3.05) is 17.0 Å². The van der Waals surface area contributed by atoms with Gasteiger partial charge in [-0.2, -0.15) is 0 Å². The standard InChI is InChI=1S/C17H16F2N4O2/c18-12-3-1-2-11(16(12)19)13-6-7-25-23(13)15-8-14(20-9-21-15)22-17(24)10-4-5-10/h1-3,8-10,13H,4-7H2,(H,20,21,22,24)/t13-/m1/s1. The van der Waals surface area contributed by atoms with E-state index in [4.69, 9.17) is 4.84 Å². The monoisotopic (exact) mass is 346 g/mol. The van der Waals surface area contributed by atoms with Gasteiger partial charge in [-0.25, -0.2) is 23.8 Å². The number of benzene rings is 1. The van der Waals surface area contributed by atoms with Crippen LogP contribution in [0.3, 0.4) is 0 Å². The number of hydroxylamine groups is 1. The van der Waals surface area contributed by atoms with Crippen molar-refractivity contribution in [1.82, 2.24) is 9.97 Å². The van der Waals surface area contributed by atoms with E-state index >= 15 is 0 Å². The predicted molar refractivity (Wildman–Crippen MR) is 85.5 cm³/mol. The second-order valence-corrected chi connectivity index (χ2v) is 6.13. The Labute approximate surface area is 142 Å². The normalized spacial score (nSPS) is 19.9. The third-order valence-electron chi connectivity index (χ3n) is 4.32. The number of carbonyl (C=O) groups is 1. The summed E-state index contributed by atoms with van der Waals surface area (Å²) in [4.78, 5) is 25.6. The van der Waals surface area contributed by atoms with Crippen molar-refractivity contribution in [3.8, 4) is 0 Å². The Morgan fingerprint density at radius 1 is 1.24 bits per heavy atom. The van der Waals surface area contributed by atoms with Crippen molar-refractivity contribution in [3.05, 3.63) is 47.8 Å². The van der Waals surface area contributed by atoms with E-state index in [2.05, 4.69) is 15.3 Å². The lowest BCUT2D eigenvalue weighted by Crippen LogP contribution is -2.24. The molecule has 0 unspecified atom stereocenters. The highest BCUT2D eigenvalue weighted by molar-refractivity contribution is 5.93. The molecule has 1 saturated heterocycles. The van der Waals surface area contributed by atoms with Crippen LogP contribution in [0.15, 0.2) is 30.6 Å². The Morgan fingerprint density at radius 2 is 2.08 bits per heavy atom. The first kappa shape index (κ1) is 15.9. The first-order valence-electron chi connectivity index (χ1n) is 8.12. The molecule has 1 aromatic heterocycles. The number of hydrogen-bond donors (Lipinski definition) is 1. The number of halogens is 2. The van der Waals surface area contributed by atoms with Crippen LogP contribution in [-0.2, 0) is 9.63 Å². The number of aromatic nitrogens is 2. The van der Waals surface area contributed by atoms with Crippen LogP contribution in [0.25, 0.3) is 0 Å². The molecule has 130 valence electrons. The molecule has 1 N–H and O–H groups in total. The van der Waals surface area contributed by atoms with Gasteiger partial charge >= 0.3 is 0 Å². The second kappa shape index (κ2) is 6.36. The van der Waals surface area contributed by atoms with Crippen LogP contribution in [0.1, 0.15) is 30.9 Å². The summed E-state index contributed by atoms with van der Waals surface area (Å²) in [7, 11) is 0. The second-order valence-electron chi connectivity index (χ2n) is 6.13. The molecule has 0 spiro atoms. The molecular formula is C17H16F2N4O2. The summed E-state index contributed by atoms with van der Waals surface area (Å²) in [5.74, 6) is -1.07. The lowest BCUT2D eigenvalue weighted by molar-refractivity contribution is -0.117. The van der Waals surface area contributed by atoms with Crippen LogP contribution in [0.4, 0.5) is 20.4 Å². The lowest BCUT2D eigenvalue weighted by Gasteiger charge is -2.24. The third-order valence-corrected chi connectivity index (χ3v) is 4.32. The Bertz CT molecular complexity index is 813. The van der Waals surface area contributed by atoms with E-state index in [0.717, 1.165) is 18.9 Å². The maximum absolute atomic E-state index is 14.1. The number of nitrogens with one attached hydrogen (secondary N) is 1. The van der Waals surface area contributed by atoms with E-state index in [1.807, 2.05) is 0 Å². The summed E-state index contributed by atoms with van der Waals surface area (Å²) < 4.78 is 27.7. The van der Waals surface area contributed by atoms with E-state index in [1.165, 1.54) is 23.5 Å². The van der Waals surface area contributed by atoms with Gasteiger partial charge in [0.05, 0.1) is 12.6 Å². The quantitative estimate of drug-likeness (QED) is 0.922. The molecule has 1 saturated carbocycles. The average Bonchev–Trinajstić information content (AvgIpc) is 3.35. The zero-order chi connectivity index (χ0) is 17.4. The van der Waals surface area contributed by atoms with Crippen LogP contribution < -0.4 is 10.4 Å². The molecule has 1 aliphatic carbocycles. The highest BCUT2D eigenvalue weighted by Gasteiger charge is 2.33. The Hall–Kier alpha value is -2.61. The van der Waals surface area contributed by atoms with E-state index in [0.29, 0.717) is 24.7 Å². The minimum absolute atomic E-state index is 0.0515. The van der Waals surface area contributed by atoms with Crippen LogP contribution in [-0.4, -0.2) is 22.5 Å². The molecule has 2 aliphatic rings. The molecule has 2 fully saturated rings. The predicted octanol–water partition coefficient (Wildman–Crippen LogP) is 2.99. The van der Waals surface area contributed by atoms with Crippen molar-refractivity contribution < 1.29 is 18.4 Å². The summed E-state index contributed by atoms with van der Waals surface area (Å²) >= 11 is 0. The minimum atomic E-state index is -0.899. The van der Waals surface area contributed by atoms with Gasteiger partial charge in [-0.1, -0.05) is 12.1 Å². The van der Waals surface area contributed by atoms with Crippen LogP contribution in [0, 0.1) is 17.6 Å². The van der Waals surface area contributed by atoms with Crippen LogP contribution in [0.2, 0.25) is 0 Å². The SMILES string of the molecule is O=C(Nc1cc(N2OCC[C@@H]2c2cccc(F)c2F)ncn1)C1CC1. The molecule has 25 heavy (non-hydrogen) atoms. The molecule has 1 atom stereocenters. The number of nitrogens with zero attached hydrogens (tertiary/aromatic N) is 3. The van der Waals surface area contributed by atoms with Gasteiger partial charge in [0.25, 0.3) is 0 Å². The topological polar surface area (TPSA) is 67.4 Å². The van der Waals surface area contributed by atoms with Crippen molar-refractivity contribution in [3.63, 3.8) is 0 Å². The molecule has 6 nitrogen and oxygen atoms in total. The van der Waals surface area contributed by atoms with Gasteiger partial charge in [0.1, 0.15) is 12.1 Å². The van der Waals surface area contributed by atoms with Crippen molar-refractivity contribution in [2.24, 2.45) is 5.92 Å². The fraction of sp³-hybridized carbons (Fsp3) is 0.353. The molecule has 2 aromatic rings. The summed E-state index contributed by atoms with van der Waals surface area (Å²) in [5, 5.41) is 4.17. The fourth-order valence-corrected chi connectivity index (χ4v) is 2.87. The van der Waals surface area contributed by atoms with Crippen LogP contribution in [0.5, 0.6) is 0 Å². The van der Waals surface area contributed by atoms with Gasteiger partial charge in [-0.3, -0.25) is 9.63 Å². The van der Waals surface area contributed by atoms with Gasteiger partial charge < -0.3 is 5.32 Å². The number of anilines is 2. The van der Waals surface area contributed by atoms with Gasteiger partial charge in [-0.15, -0.1) is 0 Å². The third kappa shape index (κ3) is 3.17. The van der Waals surface area contributed by atoms with E-state index in [1.54, 1.807) is 6.07 Å². The van der Waals surface area contributed by atoms with E-state index < -0.39 is 17.7 Å². The minimum Gasteiger partial charge on any atom is -0.310 e. The van der Waals surface area contributed by atoms with E-state index in [-0.39, 0.29) is 17.4 Å². The van der Waals surface area contributed by atoms with E-state index in [9.17, 15) is 13.6 Å². The van der Waals surface area contributed by atoms with Gasteiger partial charge in [-0.05, 0) is 18.9 Å². The zero-order valence-electron chi connectivity index (χ0n) is 13.3. The largest absolute Gasteiger partial charge is 0.310 e. The Kier molecular flexibility index (Phi) is 4.04. The average molecular weight is 346 g/mol. The van der Waals surface area contributed by atoms with Crippen LogP contribution >= 0.6 is 0 Å². The highest BCUT2D eigenvalue weighted by Crippen LogP contribution is 2.36. The number of amides is 1. The molecular weight excluding hydrogens is 330 g/mol. The Balaban J connectivity index is 1.59. The molecule has 1 aromatic carbocycles. The van der Waals surface area contributed by atoms with Gasteiger partial charge in [0, 0.05) is 24.0 Å². The summed E-state index contributed by atoms with van der Waals surface area (Å²) in [6, 6.07) is 5.13. The number of carbonyl (C=O) groups excluding carboxylic acids is 1. The maximum Gasteiger partial charge on any atom is 0.228 e. The maximum atomic E-state index is 14.1. The van der Waals surface area contributed by atoms with Crippen molar-refractivity contribution >= 4 is 17.5 Å². The molecule has 0 bridgehead atoms.